The van der Waals surface area contributed by atoms with Gasteiger partial charge >= 0.3 is 0 Å². The third kappa shape index (κ3) is 3.56. The summed E-state index contributed by atoms with van der Waals surface area (Å²) in [6, 6.07) is 18.7. The molecule has 1 aliphatic heterocycles. The van der Waals surface area contributed by atoms with Crippen LogP contribution in [0.25, 0.3) is 0 Å². The van der Waals surface area contributed by atoms with Gasteiger partial charge in [0, 0.05) is 11.4 Å². The number of likely N-dealkylation sites (tertiary alicyclic amines) is 1. The maximum Gasteiger partial charge on any atom is 0.0992 e. The minimum atomic E-state index is -1.02. The van der Waals surface area contributed by atoms with E-state index >= 15 is 0 Å². The summed E-state index contributed by atoms with van der Waals surface area (Å²) in [7, 11) is -1.02. The van der Waals surface area contributed by atoms with Gasteiger partial charge < -0.3 is 0 Å². The average molecular weight is 327 g/mol. The second kappa shape index (κ2) is 6.98. The van der Waals surface area contributed by atoms with E-state index in [0.29, 0.717) is 0 Å². The fourth-order valence-corrected chi connectivity index (χ4v) is 4.94. The molecule has 2 aromatic rings. The Kier molecular flexibility index (Phi) is 4.98. The Bertz CT molecular complexity index is 668. The van der Waals surface area contributed by atoms with Gasteiger partial charge in [0.25, 0.3) is 0 Å². The average Bonchev–Trinajstić information content (AvgIpc) is 2.58. The van der Waals surface area contributed by atoms with Crippen molar-refractivity contribution in [2.24, 2.45) is 0 Å². The van der Waals surface area contributed by atoms with Crippen LogP contribution in [0.2, 0.25) is 0 Å². The fraction of sp³-hybridized carbons (Fsp3) is 0.400. The van der Waals surface area contributed by atoms with Gasteiger partial charge in [-0.2, -0.15) is 0 Å². The number of nitrogens with zero attached hydrogens (tertiary/aromatic N) is 1. The van der Waals surface area contributed by atoms with Crippen molar-refractivity contribution in [3.63, 3.8) is 0 Å². The predicted molar refractivity (Wildman–Crippen MR) is 96.7 cm³/mol. The quantitative estimate of drug-likeness (QED) is 0.824. The molecule has 3 rings (SSSR count). The minimum absolute atomic E-state index is 0.288. The fourth-order valence-electron chi connectivity index (χ4n) is 3.33. The van der Waals surface area contributed by atoms with Crippen LogP contribution >= 0.6 is 0 Å². The standard InChI is InChI=1S/C20H25NOS/c1-17-10-12-19(13-11-17)23(22)20(2)14-6-7-15-21(20)16-18-8-4-3-5-9-18/h3-5,8-13H,6-7,14-16H2,1-2H3. The summed E-state index contributed by atoms with van der Waals surface area (Å²) < 4.78 is 13.3. The molecular weight excluding hydrogens is 302 g/mol. The van der Waals surface area contributed by atoms with Crippen LogP contribution in [0.15, 0.2) is 59.5 Å². The molecule has 2 aromatic carbocycles. The first kappa shape index (κ1) is 16.4. The molecule has 0 spiro atoms. The van der Waals surface area contributed by atoms with Gasteiger partial charge in [0.05, 0.1) is 15.7 Å². The first-order valence-electron chi connectivity index (χ1n) is 8.37. The van der Waals surface area contributed by atoms with Crippen LogP contribution in [-0.4, -0.2) is 20.5 Å². The Morgan fingerprint density at radius 2 is 1.74 bits per heavy atom. The molecule has 2 atom stereocenters. The van der Waals surface area contributed by atoms with Gasteiger partial charge in [0.2, 0.25) is 0 Å². The maximum absolute atomic E-state index is 13.3. The van der Waals surface area contributed by atoms with Crippen molar-refractivity contribution >= 4 is 10.8 Å². The monoisotopic (exact) mass is 327 g/mol. The lowest BCUT2D eigenvalue weighted by molar-refractivity contribution is 0.122. The van der Waals surface area contributed by atoms with E-state index in [0.717, 1.165) is 30.8 Å². The lowest BCUT2D eigenvalue weighted by atomic mass is 10.0. The largest absolute Gasteiger partial charge is 0.282 e. The molecule has 0 aromatic heterocycles. The highest BCUT2D eigenvalue weighted by atomic mass is 32.2. The van der Waals surface area contributed by atoms with E-state index in [1.165, 1.54) is 17.5 Å². The number of rotatable bonds is 4. The molecule has 2 nitrogen and oxygen atoms in total. The number of piperidine rings is 1. The topological polar surface area (TPSA) is 20.3 Å². The normalized spacial score (nSPS) is 23.6. The molecule has 0 aliphatic carbocycles. The van der Waals surface area contributed by atoms with E-state index in [1.807, 2.05) is 18.2 Å². The van der Waals surface area contributed by atoms with Crippen molar-refractivity contribution in [1.82, 2.24) is 4.90 Å². The maximum atomic E-state index is 13.3. The summed E-state index contributed by atoms with van der Waals surface area (Å²) >= 11 is 0. The molecule has 2 unspecified atom stereocenters. The molecule has 0 amide bonds. The number of benzene rings is 2. The van der Waals surface area contributed by atoms with Gasteiger partial charge in [-0.25, -0.2) is 0 Å². The molecular formula is C20H25NOS. The minimum Gasteiger partial charge on any atom is -0.282 e. The van der Waals surface area contributed by atoms with E-state index in [-0.39, 0.29) is 4.87 Å². The zero-order valence-corrected chi connectivity index (χ0v) is 14.8. The van der Waals surface area contributed by atoms with Crippen LogP contribution in [0.1, 0.15) is 37.3 Å². The van der Waals surface area contributed by atoms with E-state index < -0.39 is 10.8 Å². The third-order valence-electron chi connectivity index (χ3n) is 4.84. The van der Waals surface area contributed by atoms with Crippen molar-refractivity contribution in [1.29, 1.82) is 0 Å². The molecule has 1 heterocycles. The van der Waals surface area contributed by atoms with E-state index in [1.54, 1.807) is 0 Å². The van der Waals surface area contributed by atoms with E-state index in [2.05, 4.69) is 55.1 Å². The lowest BCUT2D eigenvalue weighted by Crippen LogP contribution is -2.52. The molecule has 1 saturated heterocycles. The number of hydrogen-bond donors (Lipinski definition) is 0. The summed E-state index contributed by atoms with van der Waals surface area (Å²) in [5, 5.41) is 0. The highest BCUT2D eigenvalue weighted by Crippen LogP contribution is 2.35. The highest BCUT2D eigenvalue weighted by Gasteiger charge is 2.40. The van der Waals surface area contributed by atoms with Crippen molar-refractivity contribution < 1.29 is 4.21 Å². The molecule has 0 bridgehead atoms. The first-order valence-corrected chi connectivity index (χ1v) is 9.52. The number of hydrogen-bond acceptors (Lipinski definition) is 2. The van der Waals surface area contributed by atoms with Crippen LogP contribution < -0.4 is 0 Å². The molecule has 3 heteroatoms. The SMILES string of the molecule is Cc1ccc(S(=O)C2(C)CCCCN2Cc2ccccc2)cc1. The Labute approximate surface area is 142 Å². The number of aryl methyl sites for hydroxylation is 1. The molecule has 0 N–H and O–H groups in total. The van der Waals surface area contributed by atoms with Gasteiger partial charge in [0.1, 0.15) is 0 Å². The molecule has 0 saturated carbocycles. The van der Waals surface area contributed by atoms with Gasteiger partial charge in [0.15, 0.2) is 0 Å². The predicted octanol–water partition coefficient (Wildman–Crippen LogP) is 4.50. The van der Waals surface area contributed by atoms with Crippen LogP contribution in [0.3, 0.4) is 0 Å². The summed E-state index contributed by atoms with van der Waals surface area (Å²) in [5.41, 5.74) is 2.50. The third-order valence-corrected chi connectivity index (χ3v) is 6.80. The van der Waals surface area contributed by atoms with E-state index in [4.69, 9.17) is 0 Å². The Hall–Kier alpha value is -1.45. The van der Waals surface area contributed by atoms with Gasteiger partial charge in [-0.05, 0) is 57.4 Å². The lowest BCUT2D eigenvalue weighted by Gasteiger charge is -2.44. The highest BCUT2D eigenvalue weighted by molar-refractivity contribution is 7.86. The van der Waals surface area contributed by atoms with Gasteiger partial charge in [-0.15, -0.1) is 0 Å². The molecule has 0 radical (unpaired) electrons. The van der Waals surface area contributed by atoms with Crippen molar-refractivity contribution in [3.05, 3.63) is 65.7 Å². The molecule has 1 fully saturated rings. The van der Waals surface area contributed by atoms with E-state index in [9.17, 15) is 4.21 Å². The van der Waals surface area contributed by atoms with Crippen molar-refractivity contribution in [2.45, 2.75) is 49.4 Å². The van der Waals surface area contributed by atoms with Crippen LogP contribution in [0.5, 0.6) is 0 Å². The zero-order chi connectivity index (χ0) is 16.3. The summed E-state index contributed by atoms with van der Waals surface area (Å²) in [4.78, 5) is 3.07. The second-order valence-electron chi connectivity index (χ2n) is 6.62. The summed E-state index contributed by atoms with van der Waals surface area (Å²) in [5.74, 6) is 0. The zero-order valence-electron chi connectivity index (χ0n) is 14.0. The van der Waals surface area contributed by atoms with Crippen molar-refractivity contribution in [2.75, 3.05) is 6.54 Å². The Morgan fingerprint density at radius 1 is 1.04 bits per heavy atom. The van der Waals surface area contributed by atoms with Crippen LogP contribution in [0.4, 0.5) is 0 Å². The molecule has 1 aliphatic rings. The molecule has 23 heavy (non-hydrogen) atoms. The van der Waals surface area contributed by atoms with Crippen molar-refractivity contribution in [3.8, 4) is 0 Å². The van der Waals surface area contributed by atoms with Crippen LogP contribution in [0, 0.1) is 6.92 Å². The summed E-state index contributed by atoms with van der Waals surface area (Å²) in [6.45, 7) is 6.12. The van der Waals surface area contributed by atoms with Gasteiger partial charge in [-0.3, -0.25) is 9.11 Å². The summed E-state index contributed by atoms with van der Waals surface area (Å²) in [6.07, 6.45) is 3.33. The Morgan fingerprint density at radius 3 is 2.43 bits per heavy atom. The Balaban J connectivity index is 1.86. The molecule has 122 valence electrons. The first-order chi connectivity index (χ1) is 11.1. The smallest absolute Gasteiger partial charge is 0.0992 e. The van der Waals surface area contributed by atoms with Gasteiger partial charge in [-0.1, -0.05) is 48.0 Å². The second-order valence-corrected chi connectivity index (χ2v) is 8.51. The van der Waals surface area contributed by atoms with Crippen LogP contribution in [-0.2, 0) is 17.3 Å².